The number of hydrogen-bond donors (Lipinski definition) is 1. The van der Waals surface area contributed by atoms with Crippen LogP contribution in [0.3, 0.4) is 0 Å². The van der Waals surface area contributed by atoms with Crippen LogP contribution in [0.5, 0.6) is 0 Å². The number of halogens is 1. The van der Waals surface area contributed by atoms with Gasteiger partial charge in [0.2, 0.25) is 0 Å². The Kier molecular flexibility index (Phi) is 3.11. The third kappa shape index (κ3) is 2.16. The summed E-state index contributed by atoms with van der Waals surface area (Å²) in [6.45, 7) is 4.31. The molecule has 0 unspecified atom stereocenters. The summed E-state index contributed by atoms with van der Waals surface area (Å²) < 4.78 is 6.83. The minimum atomic E-state index is -0.328. The Morgan fingerprint density at radius 1 is 1.33 bits per heavy atom. The van der Waals surface area contributed by atoms with Gasteiger partial charge in [-0.25, -0.2) is 4.79 Å². The van der Waals surface area contributed by atoms with Crippen LogP contribution in [-0.4, -0.2) is 35.6 Å². The molecule has 6 heteroatoms. The number of piperazine rings is 1. The van der Waals surface area contributed by atoms with E-state index in [9.17, 15) is 4.79 Å². The molecule has 1 aromatic carbocycles. The number of aromatic nitrogens is 1. The molecule has 1 saturated heterocycles. The van der Waals surface area contributed by atoms with Gasteiger partial charge in [-0.1, -0.05) is 11.6 Å². The van der Waals surface area contributed by atoms with E-state index in [0.29, 0.717) is 17.3 Å². The summed E-state index contributed by atoms with van der Waals surface area (Å²) in [5, 5.41) is 3.89. The molecule has 0 bridgehead atoms. The Labute approximate surface area is 109 Å². The monoisotopic (exact) mass is 267 g/mol. The first-order valence-electron chi connectivity index (χ1n) is 5.96. The van der Waals surface area contributed by atoms with Gasteiger partial charge in [0.05, 0.1) is 12.2 Å². The SMILES string of the molecule is O=c1oc2ccc(Cl)cc2n1CN1CCNCC1. The van der Waals surface area contributed by atoms with Gasteiger partial charge in [0.25, 0.3) is 0 Å². The van der Waals surface area contributed by atoms with E-state index in [1.807, 2.05) is 0 Å². The lowest BCUT2D eigenvalue weighted by Crippen LogP contribution is -2.45. The zero-order valence-electron chi connectivity index (χ0n) is 9.86. The van der Waals surface area contributed by atoms with Crippen molar-refractivity contribution in [2.45, 2.75) is 6.67 Å². The number of hydrogen-bond acceptors (Lipinski definition) is 4. The van der Waals surface area contributed by atoms with Gasteiger partial charge in [-0.05, 0) is 18.2 Å². The Bertz CT molecular complexity index is 613. The van der Waals surface area contributed by atoms with Crippen LogP contribution in [-0.2, 0) is 6.67 Å². The number of fused-ring (bicyclic) bond motifs is 1. The number of rotatable bonds is 2. The van der Waals surface area contributed by atoms with Crippen LogP contribution in [0.2, 0.25) is 5.02 Å². The molecule has 1 aliphatic heterocycles. The van der Waals surface area contributed by atoms with Crippen LogP contribution in [0.25, 0.3) is 11.1 Å². The second-order valence-corrected chi connectivity index (χ2v) is 4.85. The van der Waals surface area contributed by atoms with Gasteiger partial charge in [-0.15, -0.1) is 0 Å². The molecule has 0 atom stereocenters. The van der Waals surface area contributed by atoms with Crippen molar-refractivity contribution >= 4 is 22.7 Å². The second-order valence-electron chi connectivity index (χ2n) is 4.42. The summed E-state index contributed by atoms with van der Waals surface area (Å²) in [4.78, 5) is 14.1. The zero-order valence-corrected chi connectivity index (χ0v) is 10.6. The molecule has 96 valence electrons. The third-order valence-corrected chi connectivity index (χ3v) is 3.42. The Morgan fingerprint density at radius 2 is 2.11 bits per heavy atom. The molecule has 2 heterocycles. The maximum absolute atomic E-state index is 11.8. The molecule has 0 aliphatic carbocycles. The predicted octanol–water partition coefficient (Wildman–Crippen LogP) is 1.11. The van der Waals surface area contributed by atoms with Crippen LogP contribution < -0.4 is 11.1 Å². The van der Waals surface area contributed by atoms with Gasteiger partial charge >= 0.3 is 5.76 Å². The largest absolute Gasteiger partial charge is 0.421 e. The van der Waals surface area contributed by atoms with E-state index in [1.54, 1.807) is 22.8 Å². The fourth-order valence-corrected chi connectivity index (χ4v) is 2.39. The van der Waals surface area contributed by atoms with Crippen molar-refractivity contribution in [2.75, 3.05) is 26.2 Å². The lowest BCUT2D eigenvalue weighted by molar-refractivity contribution is 0.189. The van der Waals surface area contributed by atoms with Crippen LogP contribution >= 0.6 is 11.6 Å². The van der Waals surface area contributed by atoms with Crippen molar-refractivity contribution < 1.29 is 4.42 Å². The number of benzene rings is 1. The van der Waals surface area contributed by atoms with Gasteiger partial charge < -0.3 is 9.73 Å². The Balaban J connectivity index is 1.97. The molecule has 1 aliphatic rings. The third-order valence-electron chi connectivity index (χ3n) is 3.18. The first kappa shape index (κ1) is 11.8. The van der Waals surface area contributed by atoms with E-state index in [0.717, 1.165) is 31.7 Å². The van der Waals surface area contributed by atoms with Crippen molar-refractivity contribution in [3.63, 3.8) is 0 Å². The first-order chi connectivity index (χ1) is 8.74. The molecular formula is C12H14ClN3O2. The smallest absolute Gasteiger partial charge is 0.408 e. The number of nitrogens with one attached hydrogen (secondary N) is 1. The highest BCUT2D eigenvalue weighted by molar-refractivity contribution is 6.31. The van der Waals surface area contributed by atoms with E-state index < -0.39 is 0 Å². The quantitative estimate of drug-likeness (QED) is 0.886. The Hall–Kier alpha value is -1.30. The molecule has 0 saturated carbocycles. The molecular weight excluding hydrogens is 254 g/mol. The van der Waals surface area contributed by atoms with Crippen LogP contribution in [0.15, 0.2) is 27.4 Å². The maximum Gasteiger partial charge on any atom is 0.421 e. The highest BCUT2D eigenvalue weighted by atomic mass is 35.5. The Morgan fingerprint density at radius 3 is 2.89 bits per heavy atom. The van der Waals surface area contributed by atoms with E-state index in [-0.39, 0.29) is 5.76 Å². The van der Waals surface area contributed by atoms with Gasteiger partial charge in [0.1, 0.15) is 0 Å². The second kappa shape index (κ2) is 4.76. The van der Waals surface area contributed by atoms with Gasteiger partial charge in [-0.2, -0.15) is 0 Å². The standard InChI is InChI=1S/C12H14ClN3O2/c13-9-1-2-11-10(7-9)16(12(17)18-11)8-15-5-3-14-4-6-15/h1-2,7,14H,3-6,8H2. The summed E-state index contributed by atoms with van der Waals surface area (Å²) in [6, 6.07) is 5.22. The lowest BCUT2D eigenvalue weighted by atomic mass is 10.3. The summed E-state index contributed by atoms with van der Waals surface area (Å²) in [5.41, 5.74) is 1.34. The number of oxazole rings is 1. The summed E-state index contributed by atoms with van der Waals surface area (Å²) in [7, 11) is 0. The van der Waals surface area contributed by atoms with Crippen LogP contribution in [0.1, 0.15) is 0 Å². The molecule has 0 spiro atoms. The van der Waals surface area contributed by atoms with Crippen LogP contribution in [0, 0.1) is 0 Å². The van der Waals surface area contributed by atoms with E-state index >= 15 is 0 Å². The van der Waals surface area contributed by atoms with E-state index in [4.69, 9.17) is 16.0 Å². The van der Waals surface area contributed by atoms with Crippen molar-refractivity contribution in [1.29, 1.82) is 0 Å². The fourth-order valence-electron chi connectivity index (χ4n) is 2.22. The summed E-state index contributed by atoms with van der Waals surface area (Å²) >= 11 is 5.96. The fraction of sp³-hybridized carbons (Fsp3) is 0.417. The normalized spacial score (nSPS) is 17.4. The minimum absolute atomic E-state index is 0.328. The molecule has 2 aromatic rings. The highest BCUT2D eigenvalue weighted by Crippen LogP contribution is 2.18. The van der Waals surface area contributed by atoms with Crippen molar-refractivity contribution in [3.05, 3.63) is 33.8 Å². The average Bonchev–Trinajstić information content (AvgIpc) is 2.67. The molecule has 5 nitrogen and oxygen atoms in total. The minimum Gasteiger partial charge on any atom is -0.408 e. The predicted molar refractivity (Wildman–Crippen MR) is 69.9 cm³/mol. The van der Waals surface area contributed by atoms with Gasteiger partial charge in [0.15, 0.2) is 5.58 Å². The summed E-state index contributed by atoms with van der Waals surface area (Å²) in [6.07, 6.45) is 0. The van der Waals surface area contributed by atoms with Gasteiger partial charge in [-0.3, -0.25) is 9.47 Å². The highest BCUT2D eigenvalue weighted by Gasteiger charge is 2.15. The molecule has 1 fully saturated rings. The van der Waals surface area contributed by atoms with Crippen molar-refractivity contribution in [2.24, 2.45) is 0 Å². The molecule has 1 aromatic heterocycles. The molecule has 3 rings (SSSR count). The maximum atomic E-state index is 11.8. The van der Waals surface area contributed by atoms with Crippen molar-refractivity contribution in [3.8, 4) is 0 Å². The molecule has 0 radical (unpaired) electrons. The lowest BCUT2D eigenvalue weighted by Gasteiger charge is -2.26. The first-order valence-corrected chi connectivity index (χ1v) is 6.34. The topological polar surface area (TPSA) is 50.4 Å². The van der Waals surface area contributed by atoms with Gasteiger partial charge in [0, 0.05) is 31.2 Å². The van der Waals surface area contributed by atoms with E-state index in [2.05, 4.69) is 10.2 Å². The summed E-state index contributed by atoms with van der Waals surface area (Å²) in [5.74, 6) is -0.328. The van der Waals surface area contributed by atoms with Crippen molar-refractivity contribution in [1.82, 2.24) is 14.8 Å². The molecule has 18 heavy (non-hydrogen) atoms. The van der Waals surface area contributed by atoms with E-state index in [1.165, 1.54) is 0 Å². The number of nitrogens with zero attached hydrogens (tertiary/aromatic N) is 2. The zero-order chi connectivity index (χ0) is 12.5. The molecule has 0 amide bonds. The van der Waals surface area contributed by atoms with Crippen LogP contribution in [0.4, 0.5) is 0 Å². The molecule has 1 N–H and O–H groups in total. The average molecular weight is 268 g/mol.